The molecule has 0 radical (unpaired) electrons. The van der Waals surface area contributed by atoms with Crippen molar-refractivity contribution in [2.45, 2.75) is 45.8 Å². The van der Waals surface area contributed by atoms with E-state index in [1.54, 1.807) is 11.8 Å². The second kappa shape index (κ2) is 6.59. The van der Waals surface area contributed by atoms with Gasteiger partial charge in [-0.25, -0.2) is 0 Å². The van der Waals surface area contributed by atoms with Gasteiger partial charge in [-0.15, -0.1) is 0 Å². The molecule has 0 bridgehead atoms. The van der Waals surface area contributed by atoms with Crippen molar-refractivity contribution < 1.29 is 19.1 Å². The lowest BCUT2D eigenvalue weighted by Gasteiger charge is -2.35. The zero-order chi connectivity index (χ0) is 12.8. The fraction of sp³-hybridized carbons (Fsp3) is 0.833. The number of morpholine rings is 1. The van der Waals surface area contributed by atoms with E-state index in [1.807, 2.05) is 13.8 Å². The summed E-state index contributed by atoms with van der Waals surface area (Å²) < 4.78 is 10.3. The molecule has 5 nitrogen and oxygen atoms in total. The van der Waals surface area contributed by atoms with Gasteiger partial charge in [0.05, 0.1) is 25.2 Å². The average Bonchev–Trinajstić information content (AvgIpc) is 2.25. The summed E-state index contributed by atoms with van der Waals surface area (Å²) in [6, 6.07) is 0. The Labute approximate surface area is 102 Å². The Bertz CT molecular complexity index is 270. The van der Waals surface area contributed by atoms with E-state index in [0.717, 1.165) is 0 Å². The van der Waals surface area contributed by atoms with Gasteiger partial charge in [0.15, 0.2) is 0 Å². The third-order valence-corrected chi connectivity index (χ3v) is 2.62. The highest BCUT2D eigenvalue weighted by Crippen LogP contribution is 2.12. The minimum atomic E-state index is -0.310. The molecule has 0 N–H and O–H groups in total. The Morgan fingerprint density at radius 3 is 2.35 bits per heavy atom. The molecule has 0 aromatic heterocycles. The summed E-state index contributed by atoms with van der Waals surface area (Å²) >= 11 is 0. The first kappa shape index (κ1) is 14.0. The molecule has 5 heteroatoms. The van der Waals surface area contributed by atoms with Crippen LogP contribution in [-0.4, -0.2) is 48.7 Å². The van der Waals surface area contributed by atoms with Crippen molar-refractivity contribution in [2.75, 3.05) is 19.7 Å². The third-order valence-electron chi connectivity index (χ3n) is 2.62. The van der Waals surface area contributed by atoms with Crippen LogP contribution in [0.2, 0.25) is 0 Å². The van der Waals surface area contributed by atoms with Crippen LogP contribution >= 0.6 is 0 Å². The molecular formula is C12H21NO4. The van der Waals surface area contributed by atoms with Gasteiger partial charge < -0.3 is 14.4 Å². The minimum Gasteiger partial charge on any atom is -0.466 e. The number of amides is 1. The smallest absolute Gasteiger partial charge is 0.306 e. The van der Waals surface area contributed by atoms with Gasteiger partial charge in [-0.3, -0.25) is 9.59 Å². The van der Waals surface area contributed by atoms with Gasteiger partial charge in [-0.1, -0.05) is 0 Å². The number of carbonyl (C=O) groups is 2. The van der Waals surface area contributed by atoms with Crippen molar-refractivity contribution in [3.63, 3.8) is 0 Å². The summed E-state index contributed by atoms with van der Waals surface area (Å²) in [5, 5.41) is 0. The zero-order valence-electron chi connectivity index (χ0n) is 10.8. The highest BCUT2D eigenvalue weighted by Gasteiger charge is 2.25. The van der Waals surface area contributed by atoms with Crippen LogP contribution < -0.4 is 0 Å². The Kier molecular flexibility index (Phi) is 5.41. The molecule has 1 aliphatic heterocycles. The van der Waals surface area contributed by atoms with Crippen molar-refractivity contribution >= 4 is 11.9 Å². The molecule has 1 heterocycles. The number of carbonyl (C=O) groups excluding carboxylic acids is 2. The number of hydrogen-bond acceptors (Lipinski definition) is 4. The molecular weight excluding hydrogens is 222 g/mol. The van der Waals surface area contributed by atoms with Crippen molar-refractivity contribution in [1.29, 1.82) is 0 Å². The van der Waals surface area contributed by atoms with E-state index in [-0.39, 0.29) is 36.9 Å². The highest BCUT2D eigenvalue weighted by atomic mass is 16.5. The summed E-state index contributed by atoms with van der Waals surface area (Å²) in [5.74, 6) is -0.310. The van der Waals surface area contributed by atoms with Gasteiger partial charge in [0, 0.05) is 19.5 Å². The maximum absolute atomic E-state index is 11.9. The van der Waals surface area contributed by atoms with Crippen LogP contribution in [0.3, 0.4) is 0 Å². The molecule has 0 aromatic carbocycles. The average molecular weight is 243 g/mol. The maximum atomic E-state index is 11.9. The molecule has 1 saturated heterocycles. The lowest BCUT2D eigenvalue weighted by molar-refractivity contribution is -0.149. The molecule has 98 valence electrons. The lowest BCUT2D eigenvalue weighted by atomic mass is 10.2. The van der Waals surface area contributed by atoms with Gasteiger partial charge in [0.1, 0.15) is 0 Å². The highest BCUT2D eigenvalue weighted by molar-refractivity contribution is 5.81. The normalized spacial score (nSPS) is 24.5. The van der Waals surface area contributed by atoms with Gasteiger partial charge in [0.25, 0.3) is 0 Å². The van der Waals surface area contributed by atoms with Crippen molar-refractivity contribution in [1.82, 2.24) is 4.90 Å². The van der Waals surface area contributed by atoms with Gasteiger partial charge >= 0.3 is 5.97 Å². The topological polar surface area (TPSA) is 55.8 Å². The van der Waals surface area contributed by atoms with E-state index in [2.05, 4.69) is 0 Å². The molecule has 0 saturated carbocycles. The summed E-state index contributed by atoms with van der Waals surface area (Å²) in [4.78, 5) is 24.8. The zero-order valence-corrected chi connectivity index (χ0v) is 10.8. The molecule has 1 fully saturated rings. The molecule has 0 spiro atoms. The Balaban J connectivity index is 2.34. The molecule has 1 rings (SSSR count). The number of ether oxygens (including phenoxy) is 2. The summed E-state index contributed by atoms with van der Waals surface area (Å²) in [6.45, 7) is 7.21. The maximum Gasteiger partial charge on any atom is 0.306 e. The summed E-state index contributed by atoms with van der Waals surface area (Å²) in [6.07, 6.45) is 0.501. The number of rotatable bonds is 4. The SMILES string of the molecule is CCOC(=O)CCC(=O)N1C[C@H](C)O[C@@H](C)C1. The van der Waals surface area contributed by atoms with Crippen molar-refractivity contribution in [3.8, 4) is 0 Å². The second-order valence-electron chi connectivity index (χ2n) is 4.36. The van der Waals surface area contributed by atoms with E-state index < -0.39 is 0 Å². The van der Waals surface area contributed by atoms with Crippen LogP contribution in [-0.2, 0) is 19.1 Å². The third kappa shape index (κ3) is 4.73. The Morgan fingerprint density at radius 2 is 1.82 bits per heavy atom. The first-order valence-electron chi connectivity index (χ1n) is 6.11. The van der Waals surface area contributed by atoms with E-state index >= 15 is 0 Å². The van der Waals surface area contributed by atoms with Gasteiger partial charge in [-0.2, -0.15) is 0 Å². The van der Waals surface area contributed by atoms with Crippen molar-refractivity contribution in [2.24, 2.45) is 0 Å². The molecule has 0 aromatic rings. The first-order chi connectivity index (χ1) is 8.02. The van der Waals surface area contributed by atoms with Crippen LogP contribution in [0, 0.1) is 0 Å². The van der Waals surface area contributed by atoms with Crippen LogP contribution in [0.4, 0.5) is 0 Å². The summed E-state index contributed by atoms with van der Waals surface area (Å²) in [7, 11) is 0. The van der Waals surface area contributed by atoms with E-state index in [0.29, 0.717) is 19.7 Å². The fourth-order valence-electron chi connectivity index (χ4n) is 1.98. The van der Waals surface area contributed by atoms with Crippen LogP contribution in [0.25, 0.3) is 0 Å². The van der Waals surface area contributed by atoms with E-state index in [1.165, 1.54) is 0 Å². The fourth-order valence-corrected chi connectivity index (χ4v) is 1.98. The summed E-state index contributed by atoms with van der Waals surface area (Å²) in [5.41, 5.74) is 0. The Morgan fingerprint density at radius 1 is 1.24 bits per heavy atom. The number of hydrogen-bond donors (Lipinski definition) is 0. The van der Waals surface area contributed by atoms with Crippen LogP contribution in [0.1, 0.15) is 33.6 Å². The van der Waals surface area contributed by atoms with Gasteiger partial charge in [-0.05, 0) is 20.8 Å². The molecule has 2 atom stereocenters. The first-order valence-corrected chi connectivity index (χ1v) is 6.11. The number of nitrogens with zero attached hydrogens (tertiary/aromatic N) is 1. The predicted octanol–water partition coefficient (Wildman–Crippen LogP) is 0.965. The van der Waals surface area contributed by atoms with E-state index in [4.69, 9.17) is 9.47 Å². The molecule has 0 unspecified atom stereocenters. The molecule has 0 aliphatic carbocycles. The van der Waals surface area contributed by atoms with Crippen LogP contribution in [0.5, 0.6) is 0 Å². The second-order valence-corrected chi connectivity index (χ2v) is 4.36. The number of esters is 1. The van der Waals surface area contributed by atoms with Gasteiger partial charge in [0.2, 0.25) is 5.91 Å². The predicted molar refractivity (Wildman–Crippen MR) is 62.5 cm³/mol. The molecule has 17 heavy (non-hydrogen) atoms. The molecule has 1 amide bonds. The van der Waals surface area contributed by atoms with Crippen molar-refractivity contribution in [3.05, 3.63) is 0 Å². The monoisotopic (exact) mass is 243 g/mol. The molecule has 1 aliphatic rings. The largest absolute Gasteiger partial charge is 0.466 e. The van der Waals surface area contributed by atoms with E-state index in [9.17, 15) is 9.59 Å². The van der Waals surface area contributed by atoms with Crippen LogP contribution in [0.15, 0.2) is 0 Å². The quantitative estimate of drug-likeness (QED) is 0.690. The Hall–Kier alpha value is -1.10. The minimum absolute atomic E-state index is 0.0000491. The standard InChI is InChI=1S/C12H21NO4/c1-4-16-12(15)6-5-11(14)13-7-9(2)17-10(3)8-13/h9-10H,4-8H2,1-3H3/t9-,10-/m0/s1. The lowest BCUT2D eigenvalue weighted by Crippen LogP contribution is -2.48.